The van der Waals surface area contributed by atoms with Gasteiger partial charge in [0.05, 0.1) is 18.2 Å². The van der Waals surface area contributed by atoms with Crippen molar-refractivity contribution in [1.29, 1.82) is 0 Å². The Labute approximate surface area is 188 Å². The minimum absolute atomic E-state index is 0. The van der Waals surface area contributed by atoms with Crippen molar-refractivity contribution in [1.82, 2.24) is 16.0 Å². The molecule has 6 N–H and O–H groups in total. The van der Waals surface area contributed by atoms with Gasteiger partial charge in [-0.15, -0.1) is 0 Å². The maximum Gasteiger partial charge on any atom is 1.00 e. The third-order valence-electron chi connectivity index (χ3n) is 4.22. The van der Waals surface area contributed by atoms with E-state index in [2.05, 4.69) is 16.0 Å². The molecule has 1 aliphatic rings. The zero-order chi connectivity index (χ0) is 21.6. The van der Waals surface area contributed by atoms with Gasteiger partial charge in [-0.3, -0.25) is 14.4 Å². The van der Waals surface area contributed by atoms with Crippen LogP contribution in [0, 0.1) is 0 Å². The van der Waals surface area contributed by atoms with Crippen molar-refractivity contribution in [3.05, 3.63) is 0 Å². The standard InChI is InChI=1S/C15H25N3O10.Na/c1-6(19)18-9-7(20)4-15(27-3,14(25)26)28-11(9)10(22)8(21)5-17-13(24)12(23)16-2;/h7-11,20-22H,4-5H2,1-3H3,(H,16,23)(H,17,24)(H,18,19)(H,25,26);/q;+1/p-1/t7-,8+,9+,10+,11+,15+;/m0./s1. The van der Waals surface area contributed by atoms with Crippen LogP contribution in [0.1, 0.15) is 13.3 Å². The number of rotatable bonds is 7. The van der Waals surface area contributed by atoms with Crippen molar-refractivity contribution >= 4 is 23.7 Å². The van der Waals surface area contributed by atoms with E-state index in [0.29, 0.717) is 0 Å². The van der Waals surface area contributed by atoms with Gasteiger partial charge in [-0.1, -0.05) is 0 Å². The Kier molecular flexibility index (Phi) is 11.2. The Morgan fingerprint density at radius 2 is 1.86 bits per heavy atom. The summed E-state index contributed by atoms with van der Waals surface area (Å²) in [6.45, 7) is 0.509. The summed E-state index contributed by atoms with van der Waals surface area (Å²) in [5.41, 5.74) is 0. The molecule has 160 valence electrons. The van der Waals surface area contributed by atoms with Crippen molar-refractivity contribution in [2.75, 3.05) is 20.7 Å². The molecule has 1 saturated heterocycles. The van der Waals surface area contributed by atoms with Gasteiger partial charge in [-0.25, -0.2) is 0 Å². The predicted molar refractivity (Wildman–Crippen MR) is 86.9 cm³/mol. The quantitative estimate of drug-likeness (QED) is 0.166. The first kappa shape index (κ1) is 27.7. The van der Waals surface area contributed by atoms with E-state index in [1.54, 1.807) is 0 Å². The van der Waals surface area contributed by atoms with Crippen molar-refractivity contribution in [3.63, 3.8) is 0 Å². The Hall–Kier alpha value is -1.32. The number of aliphatic hydroxyl groups is 3. The van der Waals surface area contributed by atoms with Crippen LogP contribution < -0.4 is 50.6 Å². The molecule has 0 aromatic carbocycles. The number of ether oxygens (including phenoxy) is 2. The number of aliphatic hydroxyl groups excluding tert-OH is 3. The maximum atomic E-state index is 11.4. The molecule has 0 spiro atoms. The summed E-state index contributed by atoms with van der Waals surface area (Å²) < 4.78 is 10.1. The average molecular weight is 429 g/mol. The van der Waals surface area contributed by atoms with Gasteiger partial charge in [-0.05, 0) is 0 Å². The third-order valence-corrected chi connectivity index (χ3v) is 4.22. The molecule has 0 radical (unpaired) electrons. The molecule has 1 fully saturated rings. The van der Waals surface area contributed by atoms with Crippen molar-refractivity contribution in [3.8, 4) is 0 Å². The fraction of sp³-hybridized carbons (Fsp3) is 0.733. The minimum Gasteiger partial charge on any atom is -0.544 e. The predicted octanol–water partition coefficient (Wildman–Crippen LogP) is -8.68. The van der Waals surface area contributed by atoms with E-state index in [4.69, 9.17) is 9.47 Å². The molecule has 0 bridgehead atoms. The molecule has 29 heavy (non-hydrogen) atoms. The maximum absolute atomic E-state index is 11.4. The molecule has 6 atom stereocenters. The van der Waals surface area contributed by atoms with E-state index in [1.807, 2.05) is 0 Å². The third kappa shape index (κ3) is 6.86. The van der Waals surface area contributed by atoms with E-state index in [1.165, 1.54) is 7.05 Å². The number of carboxylic acid groups (broad SMARTS) is 1. The van der Waals surface area contributed by atoms with Crippen LogP contribution in [0.4, 0.5) is 0 Å². The molecule has 14 heteroatoms. The van der Waals surface area contributed by atoms with Gasteiger partial charge in [0.25, 0.3) is 0 Å². The zero-order valence-electron chi connectivity index (χ0n) is 16.5. The first-order valence-electron chi connectivity index (χ1n) is 8.24. The smallest absolute Gasteiger partial charge is 0.544 e. The summed E-state index contributed by atoms with van der Waals surface area (Å²) in [4.78, 5) is 45.4. The number of nitrogens with one attached hydrogen (secondary N) is 3. The van der Waals surface area contributed by atoms with Crippen molar-refractivity contribution < 1.29 is 78.6 Å². The number of methoxy groups -OCH3 is 1. The molecular weight excluding hydrogens is 405 g/mol. The normalized spacial score (nSPS) is 28.3. The van der Waals surface area contributed by atoms with E-state index in [9.17, 15) is 39.6 Å². The summed E-state index contributed by atoms with van der Waals surface area (Å²) in [6, 6.07) is -1.31. The van der Waals surface area contributed by atoms with Crippen LogP contribution in [0.2, 0.25) is 0 Å². The molecule has 1 rings (SSSR count). The molecule has 0 saturated carbocycles. The van der Waals surface area contributed by atoms with Gasteiger partial charge in [0.1, 0.15) is 18.2 Å². The van der Waals surface area contributed by atoms with Crippen LogP contribution in [-0.4, -0.2) is 96.0 Å². The molecule has 0 aromatic heterocycles. The molecule has 0 unspecified atom stereocenters. The Morgan fingerprint density at radius 3 is 2.31 bits per heavy atom. The summed E-state index contributed by atoms with van der Waals surface area (Å²) in [5.74, 6) is -6.97. The summed E-state index contributed by atoms with van der Waals surface area (Å²) in [7, 11) is 2.19. The van der Waals surface area contributed by atoms with Crippen molar-refractivity contribution in [2.24, 2.45) is 0 Å². The molecule has 1 aliphatic heterocycles. The molecular formula is C15H24N3NaO10. The number of carbonyl (C=O) groups excluding carboxylic acids is 4. The summed E-state index contributed by atoms with van der Waals surface area (Å²) in [5, 5.41) is 48.6. The number of amides is 3. The van der Waals surface area contributed by atoms with E-state index < -0.39 is 72.9 Å². The number of carbonyl (C=O) groups is 4. The Bertz CT molecular complexity index is 621. The number of hydrogen-bond acceptors (Lipinski definition) is 10. The van der Waals surface area contributed by atoms with Gasteiger partial charge in [0, 0.05) is 34.0 Å². The average Bonchev–Trinajstić information content (AvgIpc) is 2.65. The summed E-state index contributed by atoms with van der Waals surface area (Å²) >= 11 is 0. The van der Waals surface area contributed by atoms with E-state index in [0.717, 1.165) is 14.0 Å². The number of hydrogen-bond donors (Lipinski definition) is 6. The molecule has 1 heterocycles. The van der Waals surface area contributed by atoms with Gasteiger partial charge in [-0.2, -0.15) is 0 Å². The SMILES string of the molecule is CNC(=O)C(=O)NC[C@@H](O)[C@@H](O)[C@@H]1O[C@@](OC)(C(=O)[O-])C[C@H](O)[C@H]1NC(C)=O.[Na+]. The Morgan fingerprint density at radius 1 is 1.28 bits per heavy atom. The molecule has 0 aliphatic carbocycles. The molecule has 13 nitrogen and oxygen atoms in total. The fourth-order valence-corrected chi connectivity index (χ4v) is 2.73. The first-order valence-corrected chi connectivity index (χ1v) is 8.24. The number of carboxylic acids is 1. The largest absolute Gasteiger partial charge is 1.00 e. The zero-order valence-corrected chi connectivity index (χ0v) is 18.5. The monoisotopic (exact) mass is 429 g/mol. The van der Waals surface area contributed by atoms with Gasteiger partial charge in [0.2, 0.25) is 11.7 Å². The fourth-order valence-electron chi connectivity index (χ4n) is 2.73. The molecule has 0 aromatic rings. The Balaban J connectivity index is 0.00000784. The van der Waals surface area contributed by atoms with Crippen molar-refractivity contribution in [2.45, 2.75) is 49.6 Å². The topological polar surface area (TPSA) is 207 Å². The second-order valence-electron chi connectivity index (χ2n) is 6.17. The van der Waals surface area contributed by atoms with Crippen LogP contribution >= 0.6 is 0 Å². The van der Waals surface area contributed by atoms with Gasteiger partial charge >= 0.3 is 41.4 Å². The van der Waals surface area contributed by atoms with Crippen LogP contribution in [0.3, 0.4) is 0 Å². The van der Waals surface area contributed by atoms with Gasteiger partial charge < -0.3 is 50.6 Å². The van der Waals surface area contributed by atoms with E-state index >= 15 is 0 Å². The number of aliphatic carboxylic acids is 1. The van der Waals surface area contributed by atoms with Gasteiger partial charge in [0.15, 0.2) is 0 Å². The second kappa shape index (κ2) is 11.8. The summed E-state index contributed by atoms with van der Waals surface area (Å²) in [6.07, 6.45) is -7.47. The minimum atomic E-state index is -2.44. The van der Waals surface area contributed by atoms with Crippen LogP contribution in [0.15, 0.2) is 0 Å². The first-order chi connectivity index (χ1) is 13.0. The van der Waals surface area contributed by atoms with Crippen LogP contribution in [0.5, 0.6) is 0 Å². The van der Waals surface area contributed by atoms with Crippen LogP contribution in [-0.2, 0) is 28.7 Å². The van der Waals surface area contributed by atoms with Crippen LogP contribution in [0.25, 0.3) is 0 Å². The molecule has 3 amide bonds. The second-order valence-corrected chi connectivity index (χ2v) is 6.17. The number of likely N-dealkylation sites (N-methyl/N-ethyl adjacent to an activating group) is 1. The van der Waals surface area contributed by atoms with E-state index in [-0.39, 0.29) is 29.6 Å².